The van der Waals surface area contributed by atoms with E-state index < -0.39 is 5.25 Å². The number of rotatable bonds is 7. The molecule has 31 heavy (non-hydrogen) atoms. The monoisotopic (exact) mass is 440 g/mol. The van der Waals surface area contributed by atoms with Crippen molar-refractivity contribution in [1.29, 1.82) is 0 Å². The lowest BCUT2D eigenvalue weighted by atomic mass is 10.1. The van der Waals surface area contributed by atoms with Gasteiger partial charge in [-0.1, -0.05) is 55.4 Å². The molecule has 1 unspecified atom stereocenters. The summed E-state index contributed by atoms with van der Waals surface area (Å²) < 4.78 is 16.3. The van der Waals surface area contributed by atoms with Crippen LogP contribution in [0.4, 0.5) is 10.1 Å². The van der Waals surface area contributed by atoms with Gasteiger partial charge in [0.05, 0.1) is 10.8 Å². The van der Waals surface area contributed by atoms with Gasteiger partial charge in [-0.15, -0.1) is 10.2 Å². The predicted molar refractivity (Wildman–Crippen MR) is 125 cm³/mol. The number of nitrogens with zero attached hydrogens (tertiary/aromatic N) is 3. The molecule has 3 aromatic rings. The second kappa shape index (κ2) is 9.64. The Hall–Kier alpha value is -2.67. The van der Waals surface area contributed by atoms with Crippen LogP contribution in [0.5, 0.6) is 0 Å². The molecular formula is C24H29FN4OS. The SMILES string of the molecule is Cc1cc(C)c(NC(=O)C(C)Sc2nnc(-c3ccccc3F)n2CC(C)C)c(C)c1. The fraction of sp³-hybridized carbons (Fsp3) is 0.375. The number of nitrogens with one attached hydrogen (secondary N) is 1. The first kappa shape index (κ1) is 23.0. The summed E-state index contributed by atoms with van der Waals surface area (Å²) in [4.78, 5) is 12.9. The molecule has 1 aromatic heterocycles. The Balaban J connectivity index is 1.85. The molecule has 0 saturated carbocycles. The molecule has 0 bridgehead atoms. The van der Waals surface area contributed by atoms with E-state index in [1.54, 1.807) is 18.2 Å². The third-order valence-electron chi connectivity index (χ3n) is 4.96. The first-order valence-corrected chi connectivity index (χ1v) is 11.3. The molecule has 2 aromatic carbocycles. The maximum absolute atomic E-state index is 14.4. The number of carbonyl (C=O) groups excluding carboxylic acids is 1. The first-order valence-electron chi connectivity index (χ1n) is 10.4. The van der Waals surface area contributed by atoms with Gasteiger partial charge in [0.2, 0.25) is 5.91 Å². The summed E-state index contributed by atoms with van der Waals surface area (Å²) in [6, 6.07) is 10.7. The number of hydrogen-bond donors (Lipinski definition) is 1. The van der Waals surface area contributed by atoms with E-state index >= 15 is 0 Å². The minimum atomic E-state index is -0.399. The summed E-state index contributed by atoms with van der Waals surface area (Å²) in [6.07, 6.45) is 0. The Labute approximate surface area is 187 Å². The maximum Gasteiger partial charge on any atom is 0.237 e. The molecule has 0 radical (unpaired) electrons. The van der Waals surface area contributed by atoms with Crippen LogP contribution in [0, 0.1) is 32.5 Å². The average molecular weight is 441 g/mol. The predicted octanol–water partition coefficient (Wildman–Crippen LogP) is 5.78. The van der Waals surface area contributed by atoms with E-state index in [1.807, 2.05) is 32.3 Å². The minimum absolute atomic E-state index is 0.105. The van der Waals surface area contributed by atoms with Crippen molar-refractivity contribution < 1.29 is 9.18 Å². The number of benzene rings is 2. The Morgan fingerprint density at radius 1 is 1.10 bits per heavy atom. The number of amides is 1. The summed E-state index contributed by atoms with van der Waals surface area (Å²) in [5.74, 6) is 0.342. The zero-order valence-electron chi connectivity index (χ0n) is 18.9. The van der Waals surface area contributed by atoms with Gasteiger partial charge >= 0.3 is 0 Å². The largest absolute Gasteiger partial charge is 0.325 e. The van der Waals surface area contributed by atoms with Crippen LogP contribution in [0.3, 0.4) is 0 Å². The lowest BCUT2D eigenvalue weighted by Crippen LogP contribution is -2.24. The highest BCUT2D eigenvalue weighted by Gasteiger charge is 2.23. The molecule has 7 heteroatoms. The van der Waals surface area contributed by atoms with Gasteiger partial charge < -0.3 is 9.88 Å². The van der Waals surface area contributed by atoms with Crippen LogP contribution in [0.25, 0.3) is 11.4 Å². The molecule has 0 saturated heterocycles. The van der Waals surface area contributed by atoms with Crippen LogP contribution in [0.15, 0.2) is 41.6 Å². The number of thioether (sulfide) groups is 1. The molecule has 1 amide bonds. The van der Waals surface area contributed by atoms with Crippen molar-refractivity contribution in [3.05, 3.63) is 58.9 Å². The molecule has 0 aliphatic heterocycles. The smallest absolute Gasteiger partial charge is 0.237 e. The Morgan fingerprint density at radius 3 is 2.35 bits per heavy atom. The summed E-state index contributed by atoms with van der Waals surface area (Å²) in [7, 11) is 0. The van der Waals surface area contributed by atoms with E-state index in [4.69, 9.17) is 0 Å². The normalized spacial score (nSPS) is 12.3. The van der Waals surface area contributed by atoms with E-state index in [9.17, 15) is 9.18 Å². The highest BCUT2D eigenvalue weighted by molar-refractivity contribution is 8.00. The lowest BCUT2D eigenvalue weighted by Gasteiger charge is -2.17. The molecule has 0 aliphatic rings. The van der Waals surface area contributed by atoms with E-state index in [0.717, 1.165) is 22.4 Å². The molecule has 0 fully saturated rings. The highest BCUT2D eigenvalue weighted by atomic mass is 32.2. The van der Waals surface area contributed by atoms with Crippen molar-refractivity contribution in [2.24, 2.45) is 5.92 Å². The Kier molecular flexibility index (Phi) is 7.15. The van der Waals surface area contributed by atoms with Crippen molar-refractivity contribution in [3.63, 3.8) is 0 Å². The number of aromatic nitrogens is 3. The molecular weight excluding hydrogens is 411 g/mol. The molecule has 1 heterocycles. The van der Waals surface area contributed by atoms with E-state index in [0.29, 0.717) is 29.0 Å². The van der Waals surface area contributed by atoms with Gasteiger partial charge in [0, 0.05) is 12.2 Å². The lowest BCUT2D eigenvalue weighted by molar-refractivity contribution is -0.115. The number of carbonyl (C=O) groups is 1. The van der Waals surface area contributed by atoms with Gasteiger partial charge in [-0.25, -0.2) is 4.39 Å². The number of aryl methyl sites for hydroxylation is 3. The quantitative estimate of drug-likeness (QED) is 0.473. The van der Waals surface area contributed by atoms with Crippen molar-refractivity contribution in [2.75, 3.05) is 5.32 Å². The van der Waals surface area contributed by atoms with Crippen molar-refractivity contribution in [1.82, 2.24) is 14.8 Å². The molecule has 1 N–H and O–H groups in total. The third kappa shape index (κ3) is 5.34. The number of halogens is 1. The zero-order valence-corrected chi connectivity index (χ0v) is 19.7. The molecule has 0 spiro atoms. The van der Waals surface area contributed by atoms with Crippen molar-refractivity contribution in [3.8, 4) is 11.4 Å². The second-order valence-corrected chi connectivity index (χ2v) is 9.62. The minimum Gasteiger partial charge on any atom is -0.325 e. The van der Waals surface area contributed by atoms with Gasteiger partial charge in [-0.2, -0.15) is 0 Å². The fourth-order valence-corrected chi connectivity index (χ4v) is 4.42. The topological polar surface area (TPSA) is 59.8 Å². The van der Waals surface area contributed by atoms with Crippen LogP contribution >= 0.6 is 11.8 Å². The third-order valence-corrected chi connectivity index (χ3v) is 6.04. The molecule has 164 valence electrons. The zero-order chi connectivity index (χ0) is 22.7. The molecule has 5 nitrogen and oxygen atoms in total. The average Bonchev–Trinajstić information content (AvgIpc) is 3.06. The van der Waals surface area contributed by atoms with Gasteiger partial charge in [0.1, 0.15) is 5.82 Å². The number of hydrogen-bond acceptors (Lipinski definition) is 4. The van der Waals surface area contributed by atoms with Crippen LogP contribution in [-0.2, 0) is 11.3 Å². The highest BCUT2D eigenvalue weighted by Crippen LogP contribution is 2.30. The van der Waals surface area contributed by atoms with Gasteiger partial charge in [0.15, 0.2) is 11.0 Å². The van der Waals surface area contributed by atoms with Crippen LogP contribution in [-0.4, -0.2) is 25.9 Å². The Bertz CT molecular complexity index is 1070. The molecule has 3 rings (SSSR count). The van der Waals surface area contributed by atoms with Gasteiger partial charge in [-0.3, -0.25) is 4.79 Å². The summed E-state index contributed by atoms with van der Waals surface area (Å²) in [5, 5.41) is 11.8. The van der Waals surface area contributed by atoms with Crippen LogP contribution in [0.2, 0.25) is 0 Å². The van der Waals surface area contributed by atoms with Gasteiger partial charge in [-0.05, 0) is 56.9 Å². The summed E-state index contributed by atoms with van der Waals surface area (Å²) in [5.41, 5.74) is 4.49. The second-order valence-electron chi connectivity index (χ2n) is 8.31. The fourth-order valence-electron chi connectivity index (χ4n) is 3.56. The Morgan fingerprint density at radius 2 is 1.74 bits per heavy atom. The number of anilines is 1. The van der Waals surface area contributed by atoms with E-state index in [-0.39, 0.29) is 11.7 Å². The molecule has 0 aliphatic carbocycles. The van der Waals surface area contributed by atoms with E-state index in [2.05, 4.69) is 41.5 Å². The standard InChI is InChI=1S/C24H29FN4OS/c1-14(2)13-29-22(19-9-7-8-10-20(19)25)27-28-24(29)31-18(6)23(30)26-21-16(4)11-15(3)12-17(21)5/h7-12,14,18H,13H2,1-6H3,(H,26,30). The summed E-state index contributed by atoms with van der Waals surface area (Å²) >= 11 is 1.33. The van der Waals surface area contributed by atoms with Crippen molar-refractivity contribution >= 4 is 23.4 Å². The van der Waals surface area contributed by atoms with Crippen molar-refractivity contribution in [2.45, 2.75) is 58.5 Å². The van der Waals surface area contributed by atoms with Crippen LogP contribution in [0.1, 0.15) is 37.5 Å². The van der Waals surface area contributed by atoms with Gasteiger partial charge in [0.25, 0.3) is 0 Å². The summed E-state index contributed by atoms with van der Waals surface area (Å²) in [6.45, 7) is 12.7. The maximum atomic E-state index is 14.4. The molecule has 1 atom stereocenters. The van der Waals surface area contributed by atoms with Crippen LogP contribution < -0.4 is 5.32 Å². The van der Waals surface area contributed by atoms with E-state index in [1.165, 1.54) is 17.8 Å². The first-order chi connectivity index (χ1) is 14.7.